The SMILES string of the molecule is NCC(O)C(O)c1cccc(CO)n1. The molecule has 5 nitrogen and oxygen atoms in total. The highest BCUT2D eigenvalue weighted by molar-refractivity contribution is 5.13. The number of pyridine rings is 1. The standard InChI is InChI=1S/C9H14N2O3/c10-4-8(13)9(14)7-3-1-2-6(5-12)11-7/h1-3,8-9,12-14H,4-5,10H2. The number of aromatic nitrogens is 1. The molecule has 78 valence electrons. The van der Waals surface area contributed by atoms with Crippen LogP contribution in [0, 0.1) is 0 Å². The summed E-state index contributed by atoms with van der Waals surface area (Å²) >= 11 is 0. The normalized spacial score (nSPS) is 15.1. The molecular formula is C9H14N2O3. The van der Waals surface area contributed by atoms with Gasteiger partial charge in [-0.2, -0.15) is 0 Å². The minimum atomic E-state index is -1.11. The maximum absolute atomic E-state index is 9.53. The number of hydrogen-bond acceptors (Lipinski definition) is 5. The molecule has 0 aliphatic carbocycles. The molecule has 0 aliphatic rings. The van der Waals surface area contributed by atoms with Gasteiger partial charge in [0.15, 0.2) is 0 Å². The maximum Gasteiger partial charge on any atom is 0.123 e. The molecule has 0 saturated carbocycles. The molecule has 1 aromatic rings. The van der Waals surface area contributed by atoms with E-state index < -0.39 is 12.2 Å². The van der Waals surface area contributed by atoms with E-state index in [0.29, 0.717) is 11.4 Å². The van der Waals surface area contributed by atoms with Crippen molar-refractivity contribution in [3.8, 4) is 0 Å². The van der Waals surface area contributed by atoms with Crippen LogP contribution in [0.25, 0.3) is 0 Å². The summed E-state index contributed by atoms with van der Waals surface area (Å²) in [5.41, 5.74) is 5.96. The second-order valence-electron chi connectivity index (χ2n) is 2.96. The van der Waals surface area contributed by atoms with Crippen molar-refractivity contribution in [2.75, 3.05) is 6.54 Å². The second kappa shape index (κ2) is 5.02. The van der Waals surface area contributed by atoms with Crippen molar-refractivity contribution in [3.05, 3.63) is 29.6 Å². The van der Waals surface area contributed by atoms with Crippen LogP contribution in [0.5, 0.6) is 0 Å². The quantitative estimate of drug-likeness (QED) is 0.493. The minimum Gasteiger partial charge on any atom is -0.390 e. The summed E-state index contributed by atoms with van der Waals surface area (Å²) in [4.78, 5) is 3.94. The van der Waals surface area contributed by atoms with E-state index in [0.717, 1.165) is 0 Å². The highest BCUT2D eigenvalue weighted by atomic mass is 16.3. The van der Waals surface area contributed by atoms with E-state index in [4.69, 9.17) is 10.8 Å². The van der Waals surface area contributed by atoms with Crippen molar-refractivity contribution in [1.82, 2.24) is 4.98 Å². The van der Waals surface area contributed by atoms with E-state index in [1.54, 1.807) is 18.2 Å². The average molecular weight is 198 g/mol. The molecule has 1 rings (SSSR count). The van der Waals surface area contributed by atoms with Gasteiger partial charge in [0.2, 0.25) is 0 Å². The second-order valence-corrected chi connectivity index (χ2v) is 2.96. The Kier molecular flexibility index (Phi) is 3.97. The molecule has 0 aliphatic heterocycles. The molecule has 0 bridgehead atoms. The summed E-state index contributed by atoms with van der Waals surface area (Å²) in [5.74, 6) is 0. The lowest BCUT2D eigenvalue weighted by molar-refractivity contribution is 0.0215. The maximum atomic E-state index is 9.53. The van der Waals surface area contributed by atoms with Crippen LogP contribution < -0.4 is 5.73 Å². The fourth-order valence-corrected chi connectivity index (χ4v) is 1.08. The van der Waals surface area contributed by atoms with Gasteiger partial charge in [0, 0.05) is 6.54 Å². The molecule has 0 spiro atoms. The van der Waals surface area contributed by atoms with Crippen LogP contribution in [0.1, 0.15) is 17.5 Å². The minimum absolute atomic E-state index is 0.0355. The lowest BCUT2D eigenvalue weighted by Gasteiger charge is -2.15. The molecular weight excluding hydrogens is 184 g/mol. The van der Waals surface area contributed by atoms with Crippen LogP contribution in [0.3, 0.4) is 0 Å². The van der Waals surface area contributed by atoms with E-state index in [2.05, 4.69) is 4.98 Å². The highest BCUT2D eigenvalue weighted by Gasteiger charge is 2.17. The fraction of sp³-hybridized carbons (Fsp3) is 0.444. The molecule has 0 amide bonds. The van der Waals surface area contributed by atoms with Gasteiger partial charge in [-0.25, -0.2) is 0 Å². The Morgan fingerprint density at radius 2 is 2.07 bits per heavy atom. The molecule has 0 radical (unpaired) electrons. The number of hydrogen-bond donors (Lipinski definition) is 4. The zero-order chi connectivity index (χ0) is 10.6. The zero-order valence-electron chi connectivity index (χ0n) is 7.67. The molecule has 5 N–H and O–H groups in total. The van der Waals surface area contributed by atoms with Crippen LogP contribution in [0.15, 0.2) is 18.2 Å². The van der Waals surface area contributed by atoms with Crippen molar-refractivity contribution in [2.24, 2.45) is 5.73 Å². The number of rotatable bonds is 4. The number of aliphatic hydroxyl groups is 3. The van der Waals surface area contributed by atoms with Gasteiger partial charge >= 0.3 is 0 Å². The van der Waals surface area contributed by atoms with E-state index in [1.165, 1.54) is 0 Å². The van der Waals surface area contributed by atoms with Gasteiger partial charge in [0.25, 0.3) is 0 Å². The van der Waals surface area contributed by atoms with Gasteiger partial charge in [-0.05, 0) is 12.1 Å². The van der Waals surface area contributed by atoms with Gasteiger partial charge in [-0.15, -0.1) is 0 Å². The first-order valence-corrected chi connectivity index (χ1v) is 4.32. The van der Waals surface area contributed by atoms with E-state index in [-0.39, 0.29) is 13.2 Å². The van der Waals surface area contributed by atoms with Crippen LogP contribution >= 0.6 is 0 Å². The molecule has 0 fully saturated rings. The Bertz CT molecular complexity index is 293. The molecule has 14 heavy (non-hydrogen) atoms. The average Bonchev–Trinajstić information content (AvgIpc) is 2.27. The van der Waals surface area contributed by atoms with Crippen LogP contribution in [0.4, 0.5) is 0 Å². The Balaban J connectivity index is 2.83. The summed E-state index contributed by atoms with van der Waals surface area (Å²) in [6.07, 6.45) is -2.14. The first kappa shape index (κ1) is 11.1. The number of aliphatic hydroxyl groups excluding tert-OH is 3. The van der Waals surface area contributed by atoms with Crippen molar-refractivity contribution >= 4 is 0 Å². The van der Waals surface area contributed by atoms with Crippen molar-refractivity contribution < 1.29 is 15.3 Å². The van der Waals surface area contributed by atoms with E-state index in [9.17, 15) is 10.2 Å². The Morgan fingerprint density at radius 1 is 1.36 bits per heavy atom. The van der Waals surface area contributed by atoms with Crippen molar-refractivity contribution in [2.45, 2.75) is 18.8 Å². The summed E-state index contributed by atoms with van der Waals surface area (Å²) in [7, 11) is 0. The topological polar surface area (TPSA) is 99.6 Å². The first-order chi connectivity index (χ1) is 6.69. The molecule has 2 atom stereocenters. The fourth-order valence-electron chi connectivity index (χ4n) is 1.08. The van der Waals surface area contributed by atoms with E-state index >= 15 is 0 Å². The lowest BCUT2D eigenvalue weighted by atomic mass is 10.1. The third-order valence-corrected chi connectivity index (χ3v) is 1.90. The van der Waals surface area contributed by atoms with Gasteiger partial charge in [-0.1, -0.05) is 6.07 Å². The largest absolute Gasteiger partial charge is 0.390 e. The van der Waals surface area contributed by atoms with Gasteiger partial charge in [-0.3, -0.25) is 4.98 Å². The lowest BCUT2D eigenvalue weighted by Crippen LogP contribution is -2.27. The van der Waals surface area contributed by atoms with Crippen LogP contribution in [-0.2, 0) is 6.61 Å². The molecule has 0 saturated heterocycles. The number of nitrogens with two attached hydrogens (primary N) is 1. The zero-order valence-corrected chi connectivity index (χ0v) is 7.67. The third kappa shape index (κ3) is 2.49. The third-order valence-electron chi connectivity index (χ3n) is 1.90. The van der Waals surface area contributed by atoms with Gasteiger partial charge < -0.3 is 21.1 Å². The van der Waals surface area contributed by atoms with Crippen LogP contribution in [0.2, 0.25) is 0 Å². The molecule has 5 heteroatoms. The predicted octanol–water partition coefficient (Wildman–Crippen LogP) is -1.07. The molecule has 0 aromatic carbocycles. The van der Waals surface area contributed by atoms with Crippen molar-refractivity contribution in [3.63, 3.8) is 0 Å². The Morgan fingerprint density at radius 3 is 2.64 bits per heavy atom. The highest BCUT2D eigenvalue weighted by Crippen LogP contribution is 2.14. The molecule has 2 unspecified atom stereocenters. The summed E-state index contributed by atoms with van der Waals surface area (Å²) in [6, 6.07) is 4.86. The monoisotopic (exact) mass is 198 g/mol. The predicted molar refractivity (Wildman–Crippen MR) is 50.2 cm³/mol. The van der Waals surface area contributed by atoms with Gasteiger partial charge in [0.05, 0.1) is 24.1 Å². The molecule has 1 aromatic heterocycles. The van der Waals surface area contributed by atoms with Crippen molar-refractivity contribution in [1.29, 1.82) is 0 Å². The smallest absolute Gasteiger partial charge is 0.123 e. The summed E-state index contributed by atoms with van der Waals surface area (Å²) in [6.45, 7) is -0.231. The van der Waals surface area contributed by atoms with Crippen LogP contribution in [-0.4, -0.2) is 33.0 Å². The first-order valence-electron chi connectivity index (χ1n) is 4.32. The number of nitrogens with zero attached hydrogens (tertiary/aromatic N) is 1. The van der Waals surface area contributed by atoms with Gasteiger partial charge in [0.1, 0.15) is 6.10 Å². The summed E-state index contributed by atoms with van der Waals surface area (Å²) < 4.78 is 0. The van der Waals surface area contributed by atoms with E-state index in [1.807, 2.05) is 0 Å². The Labute approximate surface area is 81.8 Å². The molecule has 1 heterocycles. The Hall–Kier alpha value is -1.01. The summed E-state index contributed by atoms with van der Waals surface area (Å²) in [5, 5.41) is 27.6.